The summed E-state index contributed by atoms with van der Waals surface area (Å²) in [7, 11) is 0. The molecule has 2 aromatic rings. The quantitative estimate of drug-likeness (QED) is 0.602. The van der Waals surface area contributed by atoms with E-state index in [2.05, 4.69) is 11.4 Å². The Balaban J connectivity index is 1.37. The van der Waals surface area contributed by atoms with Crippen LogP contribution in [0.1, 0.15) is 54.4 Å². The first kappa shape index (κ1) is 22.1. The van der Waals surface area contributed by atoms with Crippen molar-refractivity contribution in [3.63, 3.8) is 0 Å². The molecule has 5 nitrogen and oxygen atoms in total. The number of nitrogens with one attached hydrogen (secondary N) is 1. The van der Waals surface area contributed by atoms with E-state index in [0.29, 0.717) is 31.7 Å². The number of carbonyl (C=O) groups excluding carboxylic acids is 2. The minimum Gasteiger partial charge on any atom is -0.352 e. The maximum atomic E-state index is 13.2. The predicted octanol–water partition coefficient (Wildman–Crippen LogP) is 5.28. The number of nitrogens with zero attached hydrogens (tertiary/aromatic N) is 2. The summed E-state index contributed by atoms with van der Waals surface area (Å²) in [4.78, 5) is 29.2. The first-order chi connectivity index (χ1) is 15.6. The van der Waals surface area contributed by atoms with Gasteiger partial charge in [-0.2, -0.15) is 0 Å². The lowest BCUT2D eigenvalue weighted by atomic mass is 9.97. The monoisotopic (exact) mass is 435 g/mol. The lowest BCUT2D eigenvalue weighted by Crippen LogP contribution is -2.49. The van der Waals surface area contributed by atoms with Crippen LogP contribution in [0.5, 0.6) is 0 Å². The molecule has 1 N–H and O–H groups in total. The van der Waals surface area contributed by atoms with Crippen molar-refractivity contribution in [3.8, 4) is 0 Å². The van der Waals surface area contributed by atoms with Crippen LogP contribution < -0.4 is 10.2 Å². The number of hydrogen-bond donors (Lipinski definition) is 1. The number of allylic oxidation sites excluding steroid dienone is 1. The maximum absolute atomic E-state index is 13.2. The van der Waals surface area contributed by atoms with Gasteiger partial charge in [-0.25, -0.2) is 9.18 Å². The molecular formula is C26H30FN3O2. The number of hydrogen-bond acceptors (Lipinski definition) is 2. The fourth-order valence-electron chi connectivity index (χ4n) is 4.36. The molecule has 0 spiro atoms. The topological polar surface area (TPSA) is 52.7 Å². The highest BCUT2D eigenvalue weighted by Gasteiger charge is 2.27. The van der Waals surface area contributed by atoms with Gasteiger partial charge >= 0.3 is 6.03 Å². The first-order valence-electron chi connectivity index (χ1n) is 11.5. The highest BCUT2D eigenvalue weighted by atomic mass is 19.1. The van der Waals surface area contributed by atoms with Crippen molar-refractivity contribution in [3.05, 3.63) is 77.1 Å². The van der Waals surface area contributed by atoms with Crippen molar-refractivity contribution >= 4 is 17.6 Å². The van der Waals surface area contributed by atoms with E-state index in [1.807, 2.05) is 12.1 Å². The van der Waals surface area contributed by atoms with Crippen LogP contribution in [0.15, 0.2) is 60.2 Å². The van der Waals surface area contributed by atoms with Gasteiger partial charge in [0.25, 0.3) is 5.91 Å². The van der Waals surface area contributed by atoms with Gasteiger partial charge in [0.05, 0.1) is 0 Å². The summed E-state index contributed by atoms with van der Waals surface area (Å²) in [6, 6.07) is 13.4. The Bertz CT molecular complexity index is 987. The largest absolute Gasteiger partial charge is 0.352 e. The van der Waals surface area contributed by atoms with Gasteiger partial charge in [-0.05, 0) is 74.4 Å². The summed E-state index contributed by atoms with van der Waals surface area (Å²) in [6.07, 6.45) is 8.82. The molecule has 168 valence electrons. The molecule has 0 aromatic heterocycles. The van der Waals surface area contributed by atoms with E-state index < -0.39 is 0 Å². The molecule has 0 radical (unpaired) electrons. The lowest BCUT2D eigenvalue weighted by molar-refractivity contribution is 0.0954. The highest BCUT2D eigenvalue weighted by molar-refractivity contribution is 5.98. The predicted molar refractivity (Wildman–Crippen MR) is 124 cm³/mol. The van der Waals surface area contributed by atoms with Gasteiger partial charge in [0.15, 0.2) is 0 Å². The van der Waals surface area contributed by atoms with E-state index in [1.165, 1.54) is 30.5 Å². The third kappa shape index (κ3) is 5.55. The van der Waals surface area contributed by atoms with E-state index in [4.69, 9.17) is 0 Å². The molecule has 0 unspecified atom stereocenters. The van der Waals surface area contributed by atoms with E-state index in [-0.39, 0.29) is 17.8 Å². The number of urea groups is 1. The number of benzene rings is 2. The number of halogens is 1. The van der Waals surface area contributed by atoms with Crippen molar-refractivity contribution < 1.29 is 14.0 Å². The van der Waals surface area contributed by atoms with Crippen LogP contribution in [0.4, 0.5) is 14.9 Å². The third-order valence-corrected chi connectivity index (χ3v) is 6.13. The van der Waals surface area contributed by atoms with Crippen molar-refractivity contribution in [1.29, 1.82) is 0 Å². The Morgan fingerprint density at radius 1 is 1.03 bits per heavy atom. The van der Waals surface area contributed by atoms with Crippen LogP contribution in [0.25, 0.3) is 0 Å². The standard InChI is InChI=1S/C26H30FN3O2/c27-23-12-10-21(11-13-23)19-29-16-5-17-30(26(29)32)24-9-4-8-22(18-24)25(31)28-15-14-20-6-2-1-3-7-20/h4,6,8-13,18H,1-3,5,7,14-17,19H2,(H,28,31). The van der Waals surface area contributed by atoms with Crippen LogP contribution in [-0.2, 0) is 6.54 Å². The fraction of sp³-hybridized carbons (Fsp3) is 0.385. The molecule has 1 aliphatic carbocycles. The molecule has 1 saturated heterocycles. The molecule has 3 amide bonds. The Kier molecular flexibility index (Phi) is 7.20. The summed E-state index contributed by atoms with van der Waals surface area (Å²) < 4.78 is 13.2. The zero-order valence-electron chi connectivity index (χ0n) is 18.4. The average Bonchev–Trinajstić information content (AvgIpc) is 2.82. The van der Waals surface area contributed by atoms with Gasteiger partial charge in [0, 0.05) is 37.4 Å². The van der Waals surface area contributed by atoms with E-state index in [9.17, 15) is 14.0 Å². The fourth-order valence-corrected chi connectivity index (χ4v) is 4.36. The zero-order chi connectivity index (χ0) is 22.3. The number of anilines is 1. The molecule has 1 fully saturated rings. The van der Waals surface area contributed by atoms with Gasteiger partial charge in [0.2, 0.25) is 0 Å². The number of amides is 3. The molecule has 1 heterocycles. The van der Waals surface area contributed by atoms with Crippen molar-refractivity contribution in [2.45, 2.75) is 45.1 Å². The summed E-state index contributed by atoms with van der Waals surface area (Å²) in [5, 5.41) is 3.01. The maximum Gasteiger partial charge on any atom is 0.324 e. The SMILES string of the molecule is O=C(NCCC1=CCCCC1)c1cccc(N2CCCN(Cc3ccc(F)cc3)C2=O)c1. The first-order valence-corrected chi connectivity index (χ1v) is 11.5. The summed E-state index contributed by atoms with van der Waals surface area (Å²) >= 11 is 0. The second-order valence-corrected chi connectivity index (χ2v) is 8.50. The number of rotatable bonds is 7. The molecule has 6 heteroatoms. The van der Waals surface area contributed by atoms with Crippen molar-refractivity contribution in [2.24, 2.45) is 0 Å². The highest BCUT2D eigenvalue weighted by Crippen LogP contribution is 2.23. The molecule has 1 aliphatic heterocycles. The van der Waals surface area contributed by atoms with Crippen LogP contribution in [-0.4, -0.2) is 36.5 Å². The van der Waals surface area contributed by atoms with Crippen molar-refractivity contribution in [1.82, 2.24) is 10.2 Å². The number of carbonyl (C=O) groups is 2. The Hall–Kier alpha value is -3.15. The van der Waals surface area contributed by atoms with E-state index >= 15 is 0 Å². The summed E-state index contributed by atoms with van der Waals surface area (Å²) in [5.41, 5.74) is 3.61. The zero-order valence-corrected chi connectivity index (χ0v) is 18.4. The molecular weight excluding hydrogens is 405 g/mol. The Labute approximate surface area is 188 Å². The van der Waals surface area contributed by atoms with Gasteiger partial charge in [0.1, 0.15) is 5.82 Å². The Morgan fingerprint density at radius 3 is 2.66 bits per heavy atom. The van der Waals surface area contributed by atoms with Gasteiger partial charge < -0.3 is 10.2 Å². The molecule has 32 heavy (non-hydrogen) atoms. The lowest BCUT2D eigenvalue weighted by Gasteiger charge is -2.35. The third-order valence-electron chi connectivity index (χ3n) is 6.13. The molecule has 4 rings (SSSR count). The van der Waals surface area contributed by atoms with E-state index in [0.717, 1.165) is 36.9 Å². The second-order valence-electron chi connectivity index (χ2n) is 8.50. The summed E-state index contributed by atoms with van der Waals surface area (Å²) in [6.45, 7) is 2.33. The van der Waals surface area contributed by atoms with Crippen LogP contribution in [0.3, 0.4) is 0 Å². The summed E-state index contributed by atoms with van der Waals surface area (Å²) in [5.74, 6) is -0.401. The minimum absolute atomic E-state index is 0.0950. The van der Waals surface area contributed by atoms with Crippen molar-refractivity contribution in [2.75, 3.05) is 24.5 Å². The molecule has 2 aliphatic rings. The van der Waals surface area contributed by atoms with Crippen LogP contribution >= 0.6 is 0 Å². The second kappa shape index (κ2) is 10.4. The molecule has 2 aromatic carbocycles. The minimum atomic E-state index is -0.286. The average molecular weight is 436 g/mol. The van der Waals surface area contributed by atoms with Gasteiger partial charge in [-0.15, -0.1) is 0 Å². The van der Waals surface area contributed by atoms with Gasteiger partial charge in [-0.3, -0.25) is 9.69 Å². The Morgan fingerprint density at radius 2 is 1.88 bits per heavy atom. The van der Waals surface area contributed by atoms with Gasteiger partial charge in [-0.1, -0.05) is 29.8 Å². The normalized spacial score (nSPS) is 16.7. The molecule has 0 saturated carbocycles. The smallest absolute Gasteiger partial charge is 0.324 e. The molecule has 0 atom stereocenters. The van der Waals surface area contributed by atoms with Crippen LogP contribution in [0, 0.1) is 5.82 Å². The van der Waals surface area contributed by atoms with Crippen LogP contribution in [0.2, 0.25) is 0 Å². The molecule has 0 bridgehead atoms. The van der Waals surface area contributed by atoms with E-state index in [1.54, 1.807) is 34.1 Å².